The summed E-state index contributed by atoms with van der Waals surface area (Å²) in [6, 6.07) is 8.06. The van der Waals surface area contributed by atoms with Crippen LogP contribution < -0.4 is 5.32 Å². The van der Waals surface area contributed by atoms with Crippen LogP contribution in [-0.2, 0) is 11.3 Å². The number of nitrogens with zero attached hydrogens (tertiary/aromatic N) is 1. The summed E-state index contributed by atoms with van der Waals surface area (Å²) in [6.07, 6.45) is -1.39. The van der Waals surface area contributed by atoms with E-state index in [4.69, 9.17) is 0 Å². The van der Waals surface area contributed by atoms with Gasteiger partial charge in [0.05, 0.1) is 0 Å². The Morgan fingerprint density at radius 2 is 1.78 bits per heavy atom. The molecule has 6 rings (SSSR count). The molecule has 0 amide bonds. The van der Waals surface area contributed by atoms with Crippen LogP contribution in [0.3, 0.4) is 0 Å². The van der Waals surface area contributed by atoms with Crippen LogP contribution in [0.1, 0.15) is 75.3 Å². The molecule has 1 saturated heterocycles. The highest BCUT2D eigenvalue weighted by molar-refractivity contribution is 5.93. The number of hydrogen-bond donors (Lipinski definition) is 2. The Hall–Kier alpha value is -2.10. The van der Waals surface area contributed by atoms with Crippen LogP contribution in [0.15, 0.2) is 47.1 Å². The molecular formula is C32H39F5N2O2. The molecule has 1 aromatic carbocycles. The van der Waals surface area contributed by atoms with Gasteiger partial charge in [-0.05, 0) is 98.2 Å². The quantitative estimate of drug-likeness (QED) is 0.412. The zero-order chi connectivity index (χ0) is 29.2. The van der Waals surface area contributed by atoms with Crippen LogP contribution in [0.25, 0.3) is 0 Å². The third-order valence-corrected chi connectivity index (χ3v) is 11.0. The summed E-state index contributed by atoms with van der Waals surface area (Å²) < 4.78 is 71.6. The van der Waals surface area contributed by atoms with Crippen molar-refractivity contribution < 1.29 is 31.9 Å². The largest absolute Gasteiger partial charge is 0.456 e. The van der Waals surface area contributed by atoms with Gasteiger partial charge in [0, 0.05) is 37.4 Å². The molecule has 0 bridgehead atoms. The maximum atomic E-state index is 15.2. The number of carbonyl (C=O) groups excluding carboxylic acids is 1. The van der Waals surface area contributed by atoms with E-state index in [1.165, 1.54) is 6.92 Å². The first-order valence-electron chi connectivity index (χ1n) is 15.0. The minimum Gasteiger partial charge on any atom is -0.383 e. The molecule has 4 nitrogen and oxygen atoms in total. The molecule has 0 radical (unpaired) electrons. The van der Waals surface area contributed by atoms with E-state index in [9.17, 15) is 23.1 Å². The zero-order valence-electron chi connectivity index (χ0n) is 23.5. The van der Waals surface area contributed by atoms with Crippen molar-refractivity contribution in [3.05, 3.63) is 58.2 Å². The van der Waals surface area contributed by atoms with Gasteiger partial charge in [0.15, 0.2) is 5.78 Å². The highest BCUT2D eigenvalue weighted by Gasteiger charge is 2.79. The molecule has 2 saturated carbocycles. The number of nitrogens with one attached hydrogen (secondary N) is 1. The summed E-state index contributed by atoms with van der Waals surface area (Å²) in [7, 11) is 0. The van der Waals surface area contributed by atoms with Gasteiger partial charge in [0.1, 0.15) is 5.60 Å². The van der Waals surface area contributed by atoms with Crippen molar-refractivity contribution in [2.45, 2.75) is 88.5 Å². The number of aliphatic hydroxyl groups is 1. The second-order valence-corrected chi connectivity index (χ2v) is 13.1. The third kappa shape index (κ3) is 4.61. The molecule has 9 heteroatoms. The van der Waals surface area contributed by atoms with Crippen molar-refractivity contribution >= 4 is 5.78 Å². The molecule has 5 atom stereocenters. The summed E-state index contributed by atoms with van der Waals surface area (Å²) in [5.74, 6) is -6.25. The number of alkyl halides is 5. The Balaban J connectivity index is 1.41. The van der Waals surface area contributed by atoms with Crippen LogP contribution in [-0.4, -0.2) is 59.7 Å². The zero-order valence-corrected chi connectivity index (χ0v) is 23.5. The number of halogens is 5. The number of benzene rings is 1. The predicted octanol–water partition coefficient (Wildman–Crippen LogP) is 6.31. The average molecular weight is 579 g/mol. The van der Waals surface area contributed by atoms with Gasteiger partial charge in [0.2, 0.25) is 0 Å². The molecule has 1 aromatic rings. The maximum absolute atomic E-state index is 15.2. The Labute approximate surface area is 238 Å². The fourth-order valence-electron chi connectivity index (χ4n) is 8.89. The van der Waals surface area contributed by atoms with Crippen molar-refractivity contribution in [3.8, 4) is 0 Å². The lowest BCUT2D eigenvalue weighted by molar-refractivity contribution is -0.362. The highest BCUT2D eigenvalue weighted by Crippen LogP contribution is 2.70. The summed E-state index contributed by atoms with van der Waals surface area (Å²) in [5.41, 5.74) is 0.363. The highest BCUT2D eigenvalue weighted by atomic mass is 19.4. The van der Waals surface area contributed by atoms with Crippen molar-refractivity contribution in [2.75, 3.05) is 26.2 Å². The molecule has 3 fully saturated rings. The molecule has 5 aliphatic rings. The molecule has 0 aromatic heterocycles. The van der Waals surface area contributed by atoms with Gasteiger partial charge in [-0.1, -0.05) is 36.8 Å². The number of hydrogen-bond acceptors (Lipinski definition) is 4. The third-order valence-electron chi connectivity index (χ3n) is 11.0. The van der Waals surface area contributed by atoms with Gasteiger partial charge in [-0.2, -0.15) is 22.0 Å². The lowest BCUT2D eigenvalue weighted by atomic mass is 9.50. The minimum atomic E-state index is -5.84. The number of allylic oxidation sites excluding steroid dienone is 4. The lowest BCUT2D eigenvalue weighted by Gasteiger charge is -2.56. The maximum Gasteiger partial charge on any atom is 0.456 e. The summed E-state index contributed by atoms with van der Waals surface area (Å²) in [6.45, 7) is 6.13. The summed E-state index contributed by atoms with van der Waals surface area (Å²) in [4.78, 5) is 14.6. The fraction of sp³-hybridized carbons (Fsp3) is 0.656. The number of ketones is 1. The smallest absolute Gasteiger partial charge is 0.383 e. The molecule has 2 N–H and O–H groups in total. The summed E-state index contributed by atoms with van der Waals surface area (Å²) >= 11 is 0. The Kier molecular flexibility index (Phi) is 7.26. The average Bonchev–Trinajstić information content (AvgIpc) is 3.06. The molecule has 1 aliphatic heterocycles. The van der Waals surface area contributed by atoms with Gasteiger partial charge in [-0.25, -0.2) is 0 Å². The van der Waals surface area contributed by atoms with E-state index in [1.54, 1.807) is 6.08 Å². The molecule has 4 aliphatic carbocycles. The monoisotopic (exact) mass is 578 g/mol. The number of fused-ring (bicyclic) bond motifs is 4. The SMILES string of the molecule is C[C@]12C[C@H](c3ccc(CN4CCCNCC4)cc3)C3=C4CCC(=O)C=C4CCC3C1CC[C@@]2(O)C(F)(F)C(F)(F)F. The Morgan fingerprint density at radius 1 is 1.02 bits per heavy atom. The van der Waals surface area contributed by atoms with Crippen LogP contribution in [0.4, 0.5) is 22.0 Å². The number of rotatable bonds is 4. The molecular weight excluding hydrogens is 539 g/mol. The van der Waals surface area contributed by atoms with Gasteiger partial charge in [-0.3, -0.25) is 9.69 Å². The van der Waals surface area contributed by atoms with E-state index in [1.807, 2.05) is 24.3 Å². The molecule has 224 valence electrons. The first-order valence-corrected chi connectivity index (χ1v) is 15.0. The van der Waals surface area contributed by atoms with Gasteiger partial charge in [-0.15, -0.1) is 0 Å². The molecule has 1 heterocycles. The Bertz CT molecular complexity index is 1250. The first-order chi connectivity index (χ1) is 19.4. The van der Waals surface area contributed by atoms with E-state index in [0.29, 0.717) is 25.7 Å². The van der Waals surface area contributed by atoms with E-state index < -0.39 is 41.4 Å². The normalized spacial score (nSPS) is 35.0. The Morgan fingerprint density at radius 3 is 2.51 bits per heavy atom. The number of carbonyl (C=O) groups is 1. The lowest BCUT2D eigenvalue weighted by Crippen LogP contribution is -2.65. The molecule has 41 heavy (non-hydrogen) atoms. The van der Waals surface area contributed by atoms with E-state index in [-0.39, 0.29) is 24.5 Å². The second kappa shape index (κ2) is 10.3. The molecule has 2 unspecified atom stereocenters. The van der Waals surface area contributed by atoms with E-state index in [2.05, 4.69) is 10.2 Å². The van der Waals surface area contributed by atoms with Gasteiger partial charge < -0.3 is 10.4 Å². The van der Waals surface area contributed by atoms with Crippen LogP contribution in [0.5, 0.6) is 0 Å². The topological polar surface area (TPSA) is 52.6 Å². The molecule has 0 spiro atoms. The van der Waals surface area contributed by atoms with Crippen molar-refractivity contribution in [3.63, 3.8) is 0 Å². The van der Waals surface area contributed by atoms with E-state index >= 15 is 8.78 Å². The van der Waals surface area contributed by atoms with Crippen molar-refractivity contribution in [1.29, 1.82) is 0 Å². The summed E-state index contributed by atoms with van der Waals surface area (Å²) in [5, 5.41) is 14.8. The standard InChI is InChI=1S/C32H39F5N2O2/c1-29-18-26(21-5-3-20(4-6-21)19-39-15-2-13-38-14-16-39)28-24-10-8-23(40)17-22(24)7-9-25(28)27(29)11-12-30(29,41)31(33,34)32(35,36)37/h3-6,17,25-27,38,41H,2,7-16,18-19H2,1H3/t25?,26-,27?,29+,30+/m1/s1. The second-order valence-electron chi connectivity index (χ2n) is 13.1. The van der Waals surface area contributed by atoms with Crippen molar-refractivity contribution in [1.82, 2.24) is 10.2 Å². The van der Waals surface area contributed by atoms with Crippen LogP contribution in [0, 0.1) is 17.3 Å². The van der Waals surface area contributed by atoms with E-state index in [0.717, 1.165) is 67.0 Å². The van der Waals surface area contributed by atoms with Crippen molar-refractivity contribution in [2.24, 2.45) is 17.3 Å². The predicted molar refractivity (Wildman–Crippen MR) is 145 cm³/mol. The fourth-order valence-corrected chi connectivity index (χ4v) is 8.89. The van der Waals surface area contributed by atoms with Crippen LogP contribution in [0.2, 0.25) is 0 Å². The van der Waals surface area contributed by atoms with Gasteiger partial charge >= 0.3 is 12.1 Å². The first kappa shape index (κ1) is 29.0. The minimum absolute atomic E-state index is 0.00748. The van der Waals surface area contributed by atoms with Crippen LogP contribution >= 0.6 is 0 Å². The van der Waals surface area contributed by atoms with Gasteiger partial charge in [0.25, 0.3) is 0 Å².